The zero-order valence-corrected chi connectivity index (χ0v) is 15.2. The summed E-state index contributed by atoms with van der Waals surface area (Å²) in [6, 6.07) is 17.2. The Kier molecular flexibility index (Phi) is 6.59. The smallest absolute Gasteiger partial charge is 0.220 e. The van der Waals surface area contributed by atoms with Gasteiger partial charge in [0.1, 0.15) is 11.4 Å². The van der Waals surface area contributed by atoms with Gasteiger partial charge in [-0.15, -0.1) is 0 Å². The molecule has 0 aliphatic rings. The lowest BCUT2D eigenvalue weighted by Gasteiger charge is -2.24. The summed E-state index contributed by atoms with van der Waals surface area (Å²) >= 11 is 0. The Bertz CT molecular complexity index is 683. The average Bonchev–Trinajstić information content (AvgIpc) is 2.61. The molecular formula is C21H27NO3. The van der Waals surface area contributed by atoms with Crippen LogP contribution in [0.5, 0.6) is 5.75 Å². The van der Waals surface area contributed by atoms with E-state index in [2.05, 4.69) is 5.32 Å². The molecule has 2 aromatic carbocycles. The van der Waals surface area contributed by atoms with E-state index in [1.165, 1.54) is 0 Å². The Morgan fingerprint density at radius 3 is 2.48 bits per heavy atom. The molecule has 0 saturated carbocycles. The molecule has 2 rings (SSSR count). The Morgan fingerprint density at radius 1 is 1.16 bits per heavy atom. The normalized spacial score (nSPS) is 14.4. The first kappa shape index (κ1) is 19.0. The highest BCUT2D eigenvalue weighted by atomic mass is 16.5. The summed E-state index contributed by atoms with van der Waals surface area (Å²) in [6.45, 7) is 3.94. The number of rotatable bonds is 8. The van der Waals surface area contributed by atoms with Crippen LogP contribution in [0, 0.1) is 5.92 Å². The van der Waals surface area contributed by atoms with Crippen molar-refractivity contribution in [3.8, 4) is 5.75 Å². The predicted molar refractivity (Wildman–Crippen MR) is 99.5 cm³/mol. The van der Waals surface area contributed by atoms with E-state index in [0.717, 1.165) is 23.3 Å². The Morgan fingerprint density at radius 2 is 1.80 bits per heavy atom. The molecule has 4 nitrogen and oxygen atoms in total. The Labute approximate surface area is 149 Å². The molecule has 0 aliphatic heterocycles. The van der Waals surface area contributed by atoms with Crippen molar-refractivity contribution < 1.29 is 14.6 Å². The van der Waals surface area contributed by atoms with Crippen LogP contribution in [0.15, 0.2) is 54.6 Å². The molecule has 134 valence electrons. The molecule has 2 aromatic rings. The fraction of sp³-hybridized carbons (Fsp3) is 0.381. The summed E-state index contributed by atoms with van der Waals surface area (Å²) < 4.78 is 5.36. The van der Waals surface area contributed by atoms with Gasteiger partial charge in [0.15, 0.2) is 0 Å². The first-order chi connectivity index (χ1) is 11.9. The van der Waals surface area contributed by atoms with E-state index >= 15 is 0 Å². The van der Waals surface area contributed by atoms with E-state index in [1.807, 2.05) is 61.5 Å². The summed E-state index contributed by atoms with van der Waals surface area (Å²) in [4.78, 5) is 12.2. The maximum Gasteiger partial charge on any atom is 0.220 e. The van der Waals surface area contributed by atoms with Crippen molar-refractivity contribution in [3.05, 3.63) is 65.7 Å². The molecule has 0 bridgehead atoms. The maximum atomic E-state index is 12.2. The second-order valence-electron chi connectivity index (χ2n) is 6.74. The number of amides is 1. The number of aliphatic hydroxyl groups is 1. The van der Waals surface area contributed by atoms with Gasteiger partial charge in [0.2, 0.25) is 5.91 Å². The van der Waals surface area contributed by atoms with Gasteiger partial charge < -0.3 is 15.2 Å². The summed E-state index contributed by atoms with van der Waals surface area (Å²) in [5.74, 6) is 0.971. The molecule has 25 heavy (non-hydrogen) atoms. The van der Waals surface area contributed by atoms with Gasteiger partial charge in [-0.25, -0.2) is 0 Å². The zero-order valence-electron chi connectivity index (χ0n) is 15.2. The SMILES string of the molecule is COc1ccccc1CC(C)CC(=O)NCC(C)(O)c1ccccc1. The summed E-state index contributed by atoms with van der Waals surface area (Å²) in [5, 5.41) is 13.4. The lowest BCUT2D eigenvalue weighted by atomic mass is 9.95. The number of carbonyl (C=O) groups is 1. The number of ether oxygens (including phenoxy) is 1. The molecule has 0 fully saturated rings. The minimum atomic E-state index is -1.08. The zero-order chi connectivity index (χ0) is 18.3. The largest absolute Gasteiger partial charge is 0.496 e. The van der Waals surface area contributed by atoms with Crippen LogP contribution in [0.25, 0.3) is 0 Å². The number of nitrogens with one attached hydrogen (secondary N) is 1. The predicted octanol–water partition coefficient (Wildman–Crippen LogP) is 3.29. The molecule has 0 spiro atoms. The van der Waals surface area contributed by atoms with E-state index in [-0.39, 0.29) is 18.4 Å². The van der Waals surface area contributed by atoms with Gasteiger partial charge in [-0.2, -0.15) is 0 Å². The first-order valence-corrected chi connectivity index (χ1v) is 8.59. The number of para-hydroxylation sites is 1. The molecule has 2 unspecified atom stereocenters. The Hall–Kier alpha value is -2.33. The third-order valence-electron chi connectivity index (χ3n) is 4.32. The summed E-state index contributed by atoms with van der Waals surface area (Å²) in [6.07, 6.45) is 1.18. The van der Waals surface area contributed by atoms with Crippen molar-refractivity contribution in [2.45, 2.75) is 32.3 Å². The van der Waals surface area contributed by atoms with Crippen molar-refractivity contribution >= 4 is 5.91 Å². The maximum absolute atomic E-state index is 12.2. The first-order valence-electron chi connectivity index (χ1n) is 8.59. The monoisotopic (exact) mass is 341 g/mol. The van der Waals surface area contributed by atoms with Crippen LogP contribution in [-0.2, 0) is 16.8 Å². The molecule has 1 amide bonds. The minimum absolute atomic E-state index is 0.0568. The molecule has 0 heterocycles. The van der Waals surface area contributed by atoms with Gasteiger partial charge in [0.05, 0.1) is 13.7 Å². The lowest BCUT2D eigenvalue weighted by Crippen LogP contribution is -2.39. The molecule has 0 aliphatic carbocycles. The molecule has 2 atom stereocenters. The summed E-state index contributed by atoms with van der Waals surface area (Å²) in [5.41, 5.74) is 0.807. The highest BCUT2D eigenvalue weighted by molar-refractivity contribution is 5.76. The molecule has 0 aromatic heterocycles. The van der Waals surface area contributed by atoms with Gasteiger partial charge in [-0.1, -0.05) is 55.5 Å². The highest BCUT2D eigenvalue weighted by Crippen LogP contribution is 2.22. The van der Waals surface area contributed by atoms with Gasteiger partial charge in [-0.3, -0.25) is 4.79 Å². The van der Waals surface area contributed by atoms with Crippen LogP contribution in [0.2, 0.25) is 0 Å². The van der Waals surface area contributed by atoms with E-state index in [9.17, 15) is 9.90 Å². The van der Waals surface area contributed by atoms with Crippen LogP contribution in [0.4, 0.5) is 0 Å². The number of hydrogen-bond acceptors (Lipinski definition) is 3. The van der Waals surface area contributed by atoms with Gasteiger partial charge in [0.25, 0.3) is 0 Å². The third kappa shape index (κ3) is 5.61. The topological polar surface area (TPSA) is 58.6 Å². The molecule has 0 radical (unpaired) electrons. The van der Waals surface area contributed by atoms with E-state index < -0.39 is 5.60 Å². The minimum Gasteiger partial charge on any atom is -0.496 e. The second-order valence-corrected chi connectivity index (χ2v) is 6.74. The van der Waals surface area contributed by atoms with Crippen LogP contribution in [-0.4, -0.2) is 24.7 Å². The second kappa shape index (κ2) is 8.67. The number of hydrogen-bond donors (Lipinski definition) is 2. The number of carbonyl (C=O) groups excluding carboxylic acids is 1. The molecule has 4 heteroatoms. The molecule has 0 saturated heterocycles. The molecule has 2 N–H and O–H groups in total. The number of methoxy groups -OCH3 is 1. The molecular weight excluding hydrogens is 314 g/mol. The van der Waals surface area contributed by atoms with Crippen LogP contribution in [0.1, 0.15) is 31.4 Å². The number of benzene rings is 2. The van der Waals surface area contributed by atoms with E-state index in [4.69, 9.17) is 4.74 Å². The van der Waals surface area contributed by atoms with Gasteiger partial charge >= 0.3 is 0 Å². The van der Waals surface area contributed by atoms with Crippen LogP contribution < -0.4 is 10.1 Å². The van der Waals surface area contributed by atoms with Crippen molar-refractivity contribution in [2.75, 3.05) is 13.7 Å². The van der Waals surface area contributed by atoms with Gasteiger partial charge in [-0.05, 0) is 36.5 Å². The Balaban J connectivity index is 1.85. The van der Waals surface area contributed by atoms with Crippen LogP contribution >= 0.6 is 0 Å². The van der Waals surface area contributed by atoms with Crippen LogP contribution in [0.3, 0.4) is 0 Å². The fourth-order valence-electron chi connectivity index (χ4n) is 2.88. The van der Waals surface area contributed by atoms with Crippen molar-refractivity contribution in [3.63, 3.8) is 0 Å². The van der Waals surface area contributed by atoms with Crippen molar-refractivity contribution in [2.24, 2.45) is 5.92 Å². The summed E-state index contributed by atoms with van der Waals surface area (Å²) in [7, 11) is 1.65. The quantitative estimate of drug-likeness (QED) is 0.775. The van der Waals surface area contributed by atoms with E-state index in [0.29, 0.717) is 6.42 Å². The lowest BCUT2D eigenvalue weighted by molar-refractivity contribution is -0.123. The standard InChI is InChI=1S/C21H27NO3/c1-16(13-17-9-7-8-12-19(17)25-3)14-20(23)22-15-21(2,24)18-10-5-4-6-11-18/h4-12,16,24H,13-15H2,1-3H3,(H,22,23). The van der Waals surface area contributed by atoms with E-state index in [1.54, 1.807) is 14.0 Å². The highest BCUT2D eigenvalue weighted by Gasteiger charge is 2.23. The fourth-order valence-corrected chi connectivity index (χ4v) is 2.88. The average molecular weight is 341 g/mol. The van der Waals surface area contributed by atoms with Crippen molar-refractivity contribution in [1.82, 2.24) is 5.32 Å². The van der Waals surface area contributed by atoms with Crippen molar-refractivity contribution in [1.29, 1.82) is 0 Å². The van der Waals surface area contributed by atoms with Gasteiger partial charge in [0, 0.05) is 6.42 Å². The third-order valence-corrected chi connectivity index (χ3v) is 4.32.